The second-order valence-corrected chi connectivity index (χ2v) is 11.6. The standard InChI is InChI=1S/C32H44O6/c1-7-24-15-28-27(17-29(24)33)20(3)9-8-10-21(4)30(34)22(5)11-12-25-16-26(36-31(28)35)18-32(38-25)14-13-19(2)23(6)37-32/h8-11,15,17,19,21,23,25-26,30,33-34H,7,12-14,16,18H2,1-6H3/b10-8+,20-9+,22-11+/t19-,21-,23+,25+,26-,30+,32-/m0/s1. The third-order valence-corrected chi connectivity index (χ3v) is 8.57. The van der Waals surface area contributed by atoms with Crippen molar-refractivity contribution in [2.24, 2.45) is 11.8 Å². The number of phenols is 1. The van der Waals surface area contributed by atoms with E-state index in [-0.39, 0.29) is 30.0 Å². The Labute approximate surface area is 227 Å². The van der Waals surface area contributed by atoms with Crippen LogP contribution in [0.4, 0.5) is 0 Å². The van der Waals surface area contributed by atoms with E-state index in [1.54, 1.807) is 12.1 Å². The molecular formula is C32H44O6. The molecule has 0 amide bonds. The van der Waals surface area contributed by atoms with Gasteiger partial charge in [0.15, 0.2) is 5.79 Å². The van der Waals surface area contributed by atoms with E-state index >= 15 is 0 Å². The number of carbonyl (C=O) groups is 1. The summed E-state index contributed by atoms with van der Waals surface area (Å²) in [6.45, 7) is 12.1. The molecule has 38 heavy (non-hydrogen) atoms. The molecule has 6 heteroatoms. The number of carbonyl (C=O) groups excluding carboxylic acids is 1. The molecule has 0 unspecified atom stereocenters. The van der Waals surface area contributed by atoms with Crippen LogP contribution >= 0.6 is 0 Å². The molecule has 4 rings (SSSR count). The van der Waals surface area contributed by atoms with Crippen LogP contribution in [0.5, 0.6) is 5.75 Å². The van der Waals surface area contributed by atoms with Crippen molar-refractivity contribution in [1.82, 2.24) is 0 Å². The molecule has 1 spiro atoms. The van der Waals surface area contributed by atoms with E-state index in [4.69, 9.17) is 14.2 Å². The first-order valence-electron chi connectivity index (χ1n) is 14.1. The van der Waals surface area contributed by atoms with Crippen LogP contribution in [0.3, 0.4) is 0 Å². The maximum Gasteiger partial charge on any atom is 0.339 e. The molecule has 3 heterocycles. The summed E-state index contributed by atoms with van der Waals surface area (Å²) in [6.07, 6.45) is 10.6. The number of benzene rings is 1. The minimum Gasteiger partial charge on any atom is -0.508 e. The molecule has 2 fully saturated rings. The highest BCUT2D eigenvalue weighted by Crippen LogP contribution is 2.43. The summed E-state index contributed by atoms with van der Waals surface area (Å²) in [7, 11) is 0. The number of aliphatic hydroxyl groups excluding tert-OH is 1. The number of hydrogen-bond donors (Lipinski definition) is 2. The van der Waals surface area contributed by atoms with Crippen LogP contribution in [0.1, 0.15) is 95.1 Å². The van der Waals surface area contributed by atoms with Gasteiger partial charge in [-0.05, 0) is 80.4 Å². The minimum atomic E-state index is -0.788. The molecule has 208 valence electrons. The normalized spacial score (nSPS) is 38.3. The topological polar surface area (TPSA) is 85.2 Å². The zero-order valence-electron chi connectivity index (χ0n) is 23.7. The van der Waals surface area contributed by atoms with E-state index in [9.17, 15) is 15.0 Å². The second kappa shape index (κ2) is 11.8. The summed E-state index contributed by atoms with van der Waals surface area (Å²) >= 11 is 0. The van der Waals surface area contributed by atoms with Gasteiger partial charge in [0.1, 0.15) is 11.9 Å². The molecule has 6 nitrogen and oxygen atoms in total. The van der Waals surface area contributed by atoms with Gasteiger partial charge in [-0.1, -0.05) is 45.1 Å². The number of aryl methyl sites for hydroxylation is 1. The Kier molecular flexibility index (Phi) is 8.85. The van der Waals surface area contributed by atoms with Crippen LogP contribution in [-0.2, 0) is 20.6 Å². The molecule has 3 aliphatic rings. The molecule has 3 aliphatic heterocycles. The Bertz CT molecular complexity index is 1120. The summed E-state index contributed by atoms with van der Waals surface area (Å²) in [4.78, 5) is 13.7. The number of ether oxygens (including phenoxy) is 3. The fourth-order valence-corrected chi connectivity index (χ4v) is 5.84. The lowest BCUT2D eigenvalue weighted by atomic mass is 9.86. The van der Waals surface area contributed by atoms with Gasteiger partial charge < -0.3 is 24.4 Å². The van der Waals surface area contributed by atoms with Crippen molar-refractivity contribution in [2.45, 2.75) is 110 Å². The lowest BCUT2D eigenvalue weighted by Crippen LogP contribution is -2.53. The molecule has 0 saturated carbocycles. The van der Waals surface area contributed by atoms with Gasteiger partial charge in [0.25, 0.3) is 0 Å². The van der Waals surface area contributed by atoms with E-state index in [2.05, 4.69) is 13.8 Å². The van der Waals surface area contributed by atoms with Gasteiger partial charge in [-0.25, -0.2) is 4.79 Å². The summed E-state index contributed by atoms with van der Waals surface area (Å²) in [5.74, 6) is -0.682. The molecule has 0 aliphatic carbocycles. The fourth-order valence-electron chi connectivity index (χ4n) is 5.84. The van der Waals surface area contributed by atoms with Gasteiger partial charge in [0.05, 0.1) is 23.9 Å². The van der Waals surface area contributed by atoms with Gasteiger partial charge in [0, 0.05) is 25.2 Å². The third-order valence-electron chi connectivity index (χ3n) is 8.57. The average molecular weight is 525 g/mol. The Morgan fingerprint density at radius 2 is 1.84 bits per heavy atom. The molecule has 1 aromatic rings. The lowest BCUT2D eigenvalue weighted by Gasteiger charge is -2.49. The average Bonchev–Trinajstić information content (AvgIpc) is 2.88. The smallest absolute Gasteiger partial charge is 0.339 e. The van der Waals surface area contributed by atoms with Crippen LogP contribution in [0, 0.1) is 11.8 Å². The predicted molar refractivity (Wildman–Crippen MR) is 149 cm³/mol. The Hall–Kier alpha value is -2.41. The monoisotopic (exact) mass is 524 g/mol. The molecule has 2 bridgehead atoms. The second-order valence-electron chi connectivity index (χ2n) is 11.6. The highest BCUT2D eigenvalue weighted by Gasteiger charge is 2.47. The fraction of sp³-hybridized carbons (Fsp3) is 0.594. The Morgan fingerprint density at radius 1 is 1.08 bits per heavy atom. The van der Waals surface area contributed by atoms with E-state index in [1.807, 2.05) is 52.0 Å². The van der Waals surface area contributed by atoms with Crippen molar-refractivity contribution in [3.05, 3.63) is 58.7 Å². The molecule has 1 aromatic carbocycles. The molecule has 7 atom stereocenters. The number of aliphatic hydroxyl groups is 1. The molecule has 2 N–H and O–H groups in total. The zero-order chi connectivity index (χ0) is 27.6. The number of phenolic OH excluding ortho intramolecular Hbond substituents is 1. The first-order chi connectivity index (χ1) is 18.0. The highest BCUT2D eigenvalue weighted by molar-refractivity contribution is 5.96. The van der Waals surface area contributed by atoms with Gasteiger partial charge in [-0.2, -0.15) is 0 Å². The number of allylic oxidation sites excluding steroid dienone is 3. The van der Waals surface area contributed by atoms with Crippen molar-refractivity contribution in [2.75, 3.05) is 0 Å². The van der Waals surface area contributed by atoms with E-state index in [0.717, 1.165) is 24.0 Å². The quantitative estimate of drug-likeness (QED) is 0.322. The largest absolute Gasteiger partial charge is 0.508 e. The van der Waals surface area contributed by atoms with Gasteiger partial charge in [-0.15, -0.1) is 0 Å². The van der Waals surface area contributed by atoms with Crippen LogP contribution in [0.2, 0.25) is 0 Å². The molecule has 0 aromatic heterocycles. The van der Waals surface area contributed by atoms with Crippen LogP contribution in [-0.4, -0.2) is 46.4 Å². The highest BCUT2D eigenvalue weighted by atomic mass is 16.7. The maximum atomic E-state index is 13.7. The first kappa shape index (κ1) is 28.6. The number of fused-ring (bicyclic) bond motifs is 3. The predicted octanol–water partition coefficient (Wildman–Crippen LogP) is 6.50. The van der Waals surface area contributed by atoms with E-state index in [1.165, 1.54) is 0 Å². The summed E-state index contributed by atoms with van der Waals surface area (Å²) in [5, 5.41) is 21.5. The van der Waals surface area contributed by atoms with E-state index < -0.39 is 17.9 Å². The van der Waals surface area contributed by atoms with Crippen molar-refractivity contribution < 1.29 is 29.2 Å². The SMILES string of the molecule is CCc1cc2c(cc1O)/C(C)=C/C=C/[C@H](C)[C@@H](O)/C(C)=C/C[C@@H]1C[C@@H](C[C@]3(CC[C@H](C)[C@@H](C)O3)O1)OC2=O. The van der Waals surface area contributed by atoms with Crippen molar-refractivity contribution >= 4 is 11.5 Å². The van der Waals surface area contributed by atoms with Crippen LogP contribution < -0.4 is 0 Å². The number of rotatable bonds is 1. The number of hydrogen-bond acceptors (Lipinski definition) is 6. The third kappa shape index (κ3) is 6.24. The zero-order valence-corrected chi connectivity index (χ0v) is 23.7. The van der Waals surface area contributed by atoms with Crippen molar-refractivity contribution in [3.63, 3.8) is 0 Å². The van der Waals surface area contributed by atoms with Crippen LogP contribution in [0.15, 0.2) is 42.0 Å². The molecule has 2 saturated heterocycles. The number of esters is 1. The Morgan fingerprint density at radius 3 is 2.55 bits per heavy atom. The summed E-state index contributed by atoms with van der Waals surface area (Å²) < 4.78 is 19.3. The molecule has 0 radical (unpaired) electrons. The van der Waals surface area contributed by atoms with Gasteiger partial charge in [0.2, 0.25) is 0 Å². The minimum absolute atomic E-state index is 0.0482. The van der Waals surface area contributed by atoms with E-state index in [0.29, 0.717) is 48.3 Å². The Balaban J connectivity index is 1.76. The van der Waals surface area contributed by atoms with Crippen molar-refractivity contribution in [1.29, 1.82) is 0 Å². The van der Waals surface area contributed by atoms with Crippen LogP contribution in [0.25, 0.3) is 5.57 Å². The van der Waals surface area contributed by atoms with Gasteiger partial charge in [-0.3, -0.25) is 0 Å². The summed E-state index contributed by atoms with van der Waals surface area (Å²) in [5.41, 5.74) is 3.50. The van der Waals surface area contributed by atoms with Gasteiger partial charge >= 0.3 is 5.97 Å². The maximum absolute atomic E-state index is 13.7. The molecular weight excluding hydrogens is 480 g/mol. The van der Waals surface area contributed by atoms with Crippen molar-refractivity contribution in [3.8, 4) is 5.75 Å². The number of aromatic hydroxyl groups is 1. The lowest BCUT2D eigenvalue weighted by molar-refractivity contribution is -0.331. The first-order valence-corrected chi connectivity index (χ1v) is 14.1. The summed E-state index contributed by atoms with van der Waals surface area (Å²) in [6, 6.07) is 3.41.